The van der Waals surface area contributed by atoms with E-state index in [2.05, 4.69) is 26.5 Å². The van der Waals surface area contributed by atoms with Crippen molar-refractivity contribution in [1.29, 1.82) is 0 Å². The van der Waals surface area contributed by atoms with E-state index in [-0.39, 0.29) is 22.6 Å². The monoisotopic (exact) mass is 527 g/mol. The Morgan fingerprint density at radius 1 is 0.941 bits per heavy atom. The Kier molecular flexibility index (Phi) is 7.93. The molecule has 0 aliphatic carbocycles. The number of hydrogen-bond donors (Lipinski definition) is 1. The zero-order valence-electron chi connectivity index (χ0n) is 18.0. The first kappa shape index (κ1) is 24.4. The van der Waals surface area contributed by atoms with E-state index in [1.165, 1.54) is 50.8 Å². The van der Waals surface area contributed by atoms with Gasteiger partial charge in [-0.1, -0.05) is 15.9 Å². The summed E-state index contributed by atoms with van der Waals surface area (Å²) in [5.41, 5.74) is 3.05. The first-order valence-corrected chi connectivity index (χ1v) is 10.4. The number of nitrogens with one attached hydrogen (secondary N) is 1. The molecule has 3 aromatic carbocycles. The number of non-ortho nitro benzene ring substituents is 1. The molecule has 3 rings (SSSR count). The summed E-state index contributed by atoms with van der Waals surface area (Å²) in [5, 5.41) is 14.6. The number of nitro groups is 1. The van der Waals surface area contributed by atoms with Crippen molar-refractivity contribution in [2.45, 2.75) is 0 Å². The Hall–Kier alpha value is -4.25. The maximum absolute atomic E-state index is 12.7. The van der Waals surface area contributed by atoms with Crippen LogP contribution in [0.4, 0.5) is 5.69 Å². The highest BCUT2D eigenvalue weighted by Crippen LogP contribution is 2.29. The Morgan fingerprint density at radius 3 is 2.24 bits per heavy atom. The zero-order chi connectivity index (χ0) is 24.7. The van der Waals surface area contributed by atoms with Gasteiger partial charge in [0.2, 0.25) is 0 Å². The third-order valence-corrected chi connectivity index (χ3v) is 5.00. The third-order valence-electron chi connectivity index (χ3n) is 4.50. The number of nitro benzene ring substituents is 1. The fourth-order valence-electron chi connectivity index (χ4n) is 2.79. The van der Waals surface area contributed by atoms with Crippen LogP contribution in [0.2, 0.25) is 0 Å². The van der Waals surface area contributed by atoms with E-state index >= 15 is 0 Å². The molecule has 0 atom stereocenters. The number of nitrogens with zero attached hydrogens (tertiary/aromatic N) is 2. The first-order chi connectivity index (χ1) is 16.3. The van der Waals surface area contributed by atoms with E-state index in [0.717, 1.165) is 0 Å². The molecule has 174 valence electrons. The largest absolute Gasteiger partial charge is 0.493 e. The van der Waals surface area contributed by atoms with Gasteiger partial charge in [0.1, 0.15) is 5.75 Å². The van der Waals surface area contributed by atoms with Crippen molar-refractivity contribution in [1.82, 2.24) is 5.43 Å². The molecule has 0 aliphatic rings. The van der Waals surface area contributed by atoms with Crippen molar-refractivity contribution >= 4 is 39.7 Å². The van der Waals surface area contributed by atoms with Gasteiger partial charge in [-0.2, -0.15) is 5.10 Å². The minimum atomic E-state index is -0.632. The molecule has 34 heavy (non-hydrogen) atoms. The van der Waals surface area contributed by atoms with Crippen LogP contribution < -0.4 is 19.6 Å². The number of rotatable bonds is 8. The van der Waals surface area contributed by atoms with Gasteiger partial charge in [-0.3, -0.25) is 14.9 Å². The quantitative estimate of drug-likeness (QED) is 0.151. The van der Waals surface area contributed by atoms with E-state index < -0.39 is 16.8 Å². The van der Waals surface area contributed by atoms with Gasteiger partial charge in [-0.05, 0) is 48.5 Å². The molecule has 0 saturated carbocycles. The molecule has 0 aliphatic heterocycles. The molecule has 0 saturated heterocycles. The van der Waals surface area contributed by atoms with Gasteiger partial charge in [-0.25, -0.2) is 10.2 Å². The van der Waals surface area contributed by atoms with Gasteiger partial charge in [0.05, 0.1) is 30.9 Å². The standard InChI is InChI=1S/C23H18BrN3O7/c1-32-20-9-5-15(12-21(20)33-2)23(29)34-19-10-6-17(24)11-16(19)13-25-26-22(28)14-3-7-18(8-4-14)27(30)31/h3-13H,1-2H3,(H,26,28). The summed E-state index contributed by atoms with van der Waals surface area (Å²) in [6.07, 6.45) is 1.31. The summed E-state index contributed by atoms with van der Waals surface area (Å²) in [6, 6.07) is 14.6. The highest BCUT2D eigenvalue weighted by molar-refractivity contribution is 9.10. The lowest BCUT2D eigenvalue weighted by Gasteiger charge is -2.11. The average Bonchev–Trinajstić information content (AvgIpc) is 2.84. The lowest BCUT2D eigenvalue weighted by Crippen LogP contribution is -2.17. The summed E-state index contributed by atoms with van der Waals surface area (Å²) in [6.45, 7) is 0. The second-order valence-electron chi connectivity index (χ2n) is 6.64. The molecule has 3 aromatic rings. The predicted octanol–water partition coefficient (Wildman–Crippen LogP) is 4.36. The Bertz CT molecular complexity index is 1260. The SMILES string of the molecule is COc1ccc(C(=O)Oc2ccc(Br)cc2C=NNC(=O)c2ccc([N+](=O)[O-])cc2)cc1OC. The van der Waals surface area contributed by atoms with Crippen LogP contribution in [-0.4, -0.2) is 37.2 Å². The zero-order valence-corrected chi connectivity index (χ0v) is 19.6. The van der Waals surface area contributed by atoms with Crippen LogP contribution in [0.15, 0.2) is 70.2 Å². The second kappa shape index (κ2) is 11.1. The van der Waals surface area contributed by atoms with Gasteiger partial charge >= 0.3 is 5.97 Å². The number of amides is 1. The van der Waals surface area contributed by atoms with E-state index in [1.54, 1.807) is 30.3 Å². The summed E-state index contributed by atoms with van der Waals surface area (Å²) in [4.78, 5) is 35.1. The molecular weight excluding hydrogens is 510 g/mol. The minimum Gasteiger partial charge on any atom is -0.493 e. The van der Waals surface area contributed by atoms with Crippen LogP contribution in [-0.2, 0) is 0 Å². The molecule has 0 bridgehead atoms. The summed E-state index contributed by atoms with van der Waals surface area (Å²) in [5.74, 6) is -0.142. The number of halogens is 1. The van der Waals surface area contributed by atoms with Gasteiger partial charge in [0.25, 0.3) is 11.6 Å². The van der Waals surface area contributed by atoms with Gasteiger partial charge < -0.3 is 14.2 Å². The summed E-state index contributed by atoms with van der Waals surface area (Å²) < 4.78 is 16.6. The van der Waals surface area contributed by atoms with Gasteiger partial charge in [-0.15, -0.1) is 0 Å². The smallest absolute Gasteiger partial charge is 0.343 e. The van der Waals surface area contributed by atoms with E-state index in [1.807, 2.05) is 0 Å². The number of carbonyl (C=O) groups excluding carboxylic acids is 2. The maximum Gasteiger partial charge on any atom is 0.343 e. The molecule has 0 heterocycles. The number of esters is 1. The molecule has 0 fully saturated rings. The van der Waals surface area contributed by atoms with Crippen LogP contribution in [0.1, 0.15) is 26.3 Å². The number of methoxy groups -OCH3 is 2. The normalized spacial score (nSPS) is 10.6. The van der Waals surface area contributed by atoms with Crippen LogP contribution in [0.25, 0.3) is 0 Å². The molecule has 0 radical (unpaired) electrons. The lowest BCUT2D eigenvalue weighted by atomic mass is 10.2. The number of ether oxygens (including phenoxy) is 3. The number of benzene rings is 3. The molecule has 1 N–H and O–H groups in total. The fourth-order valence-corrected chi connectivity index (χ4v) is 3.17. The van der Waals surface area contributed by atoms with Crippen molar-refractivity contribution in [3.05, 3.63) is 91.9 Å². The minimum absolute atomic E-state index is 0.130. The summed E-state index contributed by atoms with van der Waals surface area (Å²) in [7, 11) is 2.95. The molecule has 0 spiro atoms. The average molecular weight is 528 g/mol. The third kappa shape index (κ3) is 5.95. The van der Waals surface area contributed by atoms with Gasteiger partial charge in [0, 0.05) is 27.7 Å². The van der Waals surface area contributed by atoms with Crippen molar-refractivity contribution < 1.29 is 28.7 Å². The van der Waals surface area contributed by atoms with Crippen LogP contribution >= 0.6 is 15.9 Å². The van der Waals surface area contributed by atoms with Crippen LogP contribution in [0, 0.1) is 10.1 Å². The molecule has 1 amide bonds. The molecule has 0 unspecified atom stereocenters. The highest BCUT2D eigenvalue weighted by Gasteiger charge is 2.15. The Balaban J connectivity index is 1.74. The number of hydrazone groups is 1. The number of carbonyl (C=O) groups is 2. The predicted molar refractivity (Wildman–Crippen MR) is 127 cm³/mol. The van der Waals surface area contributed by atoms with Crippen molar-refractivity contribution in [3.63, 3.8) is 0 Å². The van der Waals surface area contributed by atoms with Crippen LogP contribution in [0.3, 0.4) is 0 Å². The topological polar surface area (TPSA) is 129 Å². The first-order valence-electron chi connectivity index (χ1n) is 9.64. The van der Waals surface area contributed by atoms with Gasteiger partial charge in [0.15, 0.2) is 11.5 Å². The van der Waals surface area contributed by atoms with E-state index in [4.69, 9.17) is 14.2 Å². The number of hydrogen-bond acceptors (Lipinski definition) is 8. The Labute approximate surface area is 202 Å². The Morgan fingerprint density at radius 2 is 1.59 bits per heavy atom. The molecule has 11 heteroatoms. The van der Waals surface area contributed by atoms with Crippen molar-refractivity contribution in [2.75, 3.05) is 14.2 Å². The lowest BCUT2D eigenvalue weighted by molar-refractivity contribution is -0.384. The molecule has 10 nitrogen and oxygen atoms in total. The summed E-state index contributed by atoms with van der Waals surface area (Å²) >= 11 is 3.34. The van der Waals surface area contributed by atoms with Crippen molar-refractivity contribution in [2.24, 2.45) is 5.10 Å². The fraction of sp³-hybridized carbons (Fsp3) is 0.0870. The highest BCUT2D eigenvalue weighted by atomic mass is 79.9. The van der Waals surface area contributed by atoms with Crippen molar-refractivity contribution in [3.8, 4) is 17.2 Å². The second-order valence-corrected chi connectivity index (χ2v) is 7.56. The van der Waals surface area contributed by atoms with Crippen LogP contribution in [0.5, 0.6) is 17.2 Å². The molecular formula is C23H18BrN3O7. The van der Waals surface area contributed by atoms with E-state index in [9.17, 15) is 19.7 Å². The maximum atomic E-state index is 12.7. The van der Waals surface area contributed by atoms with E-state index in [0.29, 0.717) is 21.5 Å². The molecule has 0 aromatic heterocycles.